The number of phenolic OH excluding ortho intramolecular Hbond substituents is 2. The molecule has 3 aromatic rings. The summed E-state index contributed by atoms with van der Waals surface area (Å²) in [6.07, 6.45) is -0.946. The average molecular weight is 480 g/mol. The molecule has 2 amide bonds. The van der Waals surface area contributed by atoms with Crippen molar-refractivity contribution in [2.24, 2.45) is 0 Å². The molecule has 2 N–H and O–H groups in total. The number of fused-ring (bicyclic) bond motifs is 2. The number of nitrogens with zero attached hydrogens (tertiary/aromatic N) is 2. The number of ether oxygens (including phenoxy) is 2. The third-order valence-electron chi connectivity index (χ3n) is 6.40. The molecule has 0 bridgehead atoms. The number of carbonyl (C=O) groups is 2. The minimum Gasteiger partial charge on any atom is -0.508 e. The van der Waals surface area contributed by atoms with Crippen molar-refractivity contribution in [1.82, 2.24) is 9.80 Å². The predicted molar refractivity (Wildman–Crippen MR) is 124 cm³/mol. The minimum atomic E-state index is -0.746. The first-order valence-electron chi connectivity index (χ1n) is 11.2. The van der Waals surface area contributed by atoms with Gasteiger partial charge in [-0.15, -0.1) is 0 Å². The monoisotopic (exact) mass is 480 g/mol. The van der Waals surface area contributed by atoms with Crippen LogP contribution >= 0.6 is 0 Å². The summed E-state index contributed by atoms with van der Waals surface area (Å²) in [7, 11) is 0. The van der Waals surface area contributed by atoms with E-state index in [-0.39, 0.29) is 52.9 Å². The van der Waals surface area contributed by atoms with E-state index in [1.807, 2.05) is 12.1 Å². The van der Waals surface area contributed by atoms with Crippen LogP contribution in [0.3, 0.4) is 0 Å². The molecular formula is C25H24N2O8. The summed E-state index contributed by atoms with van der Waals surface area (Å²) in [6, 6.07) is 9.56. The number of piperazine rings is 1. The summed E-state index contributed by atoms with van der Waals surface area (Å²) in [6.45, 7) is 3.03. The third kappa shape index (κ3) is 4.23. The highest BCUT2D eigenvalue weighted by Crippen LogP contribution is 2.33. The quantitative estimate of drug-likeness (QED) is 0.541. The topological polar surface area (TPSA) is 130 Å². The van der Waals surface area contributed by atoms with E-state index in [2.05, 4.69) is 0 Å². The van der Waals surface area contributed by atoms with Gasteiger partial charge in [0.05, 0.1) is 17.4 Å². The Bertz CT molecular complexity index is 1370. The summed E-state index contributed by atoms with van der Waals surface area (Å²) in [4.78, 5) is 41.6. The lowest BCUT2D eigenvalue weighted by atomic mass is 10.0. The number of aryl methyl sites for hydroxylation is 1. The number of carbonyl (C=O) groups excluding carboxylic acids is 2. The maximum absolute atomic E-state index is 13.0. The van der Waals surface area contributed by atoms with Crippen LogP contribution in [0.15, 0.2) is 45.6 Å². The summed E-state index contributed by atoms with van der Waals surface area (Å²) < 4.78 is 16.7. The van der Waals surface area contributed by atoms with Crippen molar-refractivity contribution >= 4 is 22.8 Å². The molecule has 1 aromatic heterocycles. The molecule has 1 saturated heterocycles. The lowest BCUT2D eigenvalue weighted by Crippen LogP contribution is -2.55. The number of hydrogen-bond donors (Lipinski definition) is 2. The van der Waals surface area contributed by atoms with Gasteiger partial charge in [0, 0.05) is 38.3 Å². The number of hydrogen-bond acceptors (Lipinski definition) is 8. The largest absolute Gasteiger partial charge is 0.508 e. The summed E-state index contributed by atoms with van der Waals surface area (Å²) in [5.74, 6) is 0.178. The molecule has 3 heterocycles. The van der Waals surface area contributed by atoms with Crippen LogP contribution in [-0.4, -0.2) is 70.7 Å². The van der Waals surface area contributed by atoms with Crippen LogP contribution in [0, 0.1) is 6.92 Å². The van der Waals surface area contributed by atoms with E-state index >= 15 is 0 Å². The SMILES string of the molecule is Cc1c(CC(=O)N2CCN(C(=O)[C@@H]3COc4ccccc4O3)CC2)c(=O)oc2cc(O)cc(O)c12. The normalized spacial score (nSPS) is 17.5. The maximum Gasteiger partial charge on any atom is 0.340 e. The van der Waals surface area contributed by atoms with Gasteiger partial charge in [-0.1, -0.05) is 12.1 Å². The van der Waals surface area contributed by atoms with E-state index in [9.17, 15) is 24.6 Å². The Morgan fingerprint density at radius 3 is 2.46 bits per heavy atom. The van der Waals surface area contributed by atoms with Crippen LogP contribution in [0.2, 0.25) is 0 Å². The van der Waals surface area contributed by atoms with Gasteiger partial charge in [0.25, 0.3) is 5.91 Å². The first kappa shape index (κ1) is 22.6. The van der Waals surface area contributed by atoms with Crippen LogP contribution in [-0.2, 0) is 16.0 Å². The lowest BCUT2D eigenvalue weighted by Gasteiger charge is -2.37. The molecule has 5 rings (SSSR count). The van der Waals surface area contributed by atoms with Gasteiger partial charge in [-0.2, -0.15) is 0 Å². The van der Waals surface area contributed by atoms with Gasteiger partial charge in [0.1, 0.15) is 23.7 Å². The second kappa shape index (κ2) is 8.86. The van der Waals surface area contributed by atoms with Crippen LogP contribution in [0.1, 0.15) is 11.1 Å². The molecular weight excluding hydrogens is 456 g/mol. The van der Waals surface area contributed by atoms with E-state index in [1.165, 1.54) is 6.07 Å². The van der Waals surface area contributed by atoms with E-state index < -0.39 is 11.7 Å². The molecule has 2 aliphatic rings. The molecule has 182 valence electrons. The Morgan fingerprint density at radius 1 is 1.03 bits per heavy atom. The van der Waals surface area contributed by atoms with Crippen molar-refractivity contribution in [3.8, 4) is 23.0 Å². The number of rotatable bonds is 3. The molecule has 0 spiro atoms. The molecule has 1 atom stereocenters. The number of para-hydroxylation sites is 2. The lowest BCUT2D eigenvalue weighted by molar-refractivity contribution is -0.146. The van der Waals surface area contributed by atoms with Crippen LogP contribution in [0.5, 0.6) is 23.0 Å². The van der Waals surface area contributed by atoms with Crippen molar-refractivity contribution in [1.29, 1.82) is 0 Å². The first-order valence-corrected chi connectivity index (χ1v) is 11.2. The van der Waals surface area contributed by atoms with Gasteiger partial charge >= 0.3 is 5.63 Å². The fraction of sp³-hybridized carbons (Fsp3) is 0.320. The van der Waals surface area contributed by atoms with Crippen molar-refractivity contribution in [3.05, 3.63) is 57.9 Å². The van der Waals surface area contributed by atoms with E-state index in [0.717, 1.165) is 6.07 Å². The molecule has 0 aliphatic carbocycles. The Morgan fingerprint density at radius 2 is 1.71 bits per heavy atom. The Kier molecular flexibility index (Phi) is 5.72. The van der Waals surface area contributed by atoms with Gasteiger partial charge in [-0.3, -0.25) is 9.59 Å². The molecule has 0 saturated carbocycles. The van der Waals surface area contributed by atoms with Crippen LogP contribution in [0.4, 0.5) is 0 Å². The Hall–Kier alpha value is -4.21. The number of benzene rings is 2. The van der Waals surface area contributed by atoms with Gasteiger partial charge < -0.3 is 33.9 Å². The average Bonchev–Trinajstić information content (AvgIpc) is 2.85. The number of amides is 2. The molecule has 1 fully saturated rings. The van der Waals surface area contributed by atoms with Crippen molar-refractivity contribution in [3.63, 3.8) is 0 Å². The molecule has 2 aliphatic heterocycles. The zero-order chi connectivity index (χ0) is 24.7. The van der Waals surface area contributed by atoms with Gasteiger partial charge in [-0.05, 0) is 24.6 Å². The van der Waals surface area contributed by atoms with Crippen molar-refractivity contribution < 1.29 is 33.7 Å². The summed E-state index contributed by atoms with van der Waals surface area (Å²) in [5, 5.41) is 20.1. The smallest absolute Gasteiger partial charge is 0.340 e. The fourth-order valence-corrected chi connectivity index (χ4v) is 4.50. The molecule has 0 radical (unpaired) electrons. The minimum absolute atomic E-state index is 0.0462. The summed E-state index contributed by atoms with van der Waals surface area (Å²) in [5.41, 5.74) is -0.0826. The zero-order valence-electron chi connectivity index (χ0n) is 19.0. The highest BCUT2D eigenvalue weighted by atomic mass is 16.6. The van der Waals surface area contributed by atoms with Crippen LogP contribution in [0.25, 0.3) is 11.0 Å². The van der Waals surface area contributed by atoms with Gasteiger partial charge in [-0.25, -0.2) is 4.79 Å². The van der Waals surface area contributed by atoms with Gasteiger partial charge in [0.15, 0.2) is 11.5 Å². The molecule has 2 aromatic carbocycles. The molecule has 35 heavy (non-hydrogen) atoms. The molecule has 10 heteroatoms. The van der Waals surface area contributed by atoms with E-state index in [0.29, 0.717) is 43.2 Å². The number of phenols is 2. The predicted octanol–water partition coefficient (Wildman–Crippen LogP) is 1.57. The Balaban J connectivity index is 1.23. The van der Waals surface area contributed by atoms with E-state index in [4.69, 9.17) is 13.9 Å². The van der Waals surface area contributed by atoms with Crippen LogP contribution < -0.4 is 15.1 Å². The second-order valence-electron chi connectivity index (χ2n) is 8.58. The second-order valence-corrected chi connectivity index (χ2v) is 8.58. The van der Waals surface area contributed by atoms with Gasteiger partial charge in [0.2, 0.25) is 12.0 Å². The third-order valence-corrected chi connectivity index (χ3v) is 6.40. The Labute approximate surface area is 199 Å². The van der Waals surface area contributed by atoms with Crippen molar-refractivity contribution in [2.75, 3.05) is 32.8 Å². The molecule has 10 nitrogen and oxygen atoms in total. The summed E-state index contributed by atoms with van der Waals surface area (Å²) >= 11 is 0. The maximum atomic E-state index is 13.0. The standard InChI is InChI=1S/C25H24N2O8/c1-14-16(25(32)35-20-11-15(28)10-17(29)23(14)20)12-22(30)26-6-8-27(9-7-26)24(31)21-13-33-18-4-2-3-5-19(18)34-21/h2-5,10-11,21,28-29H,6-9,12-13H2,1H3/t21-/m0/s1. The first-order chi connectivity index (χ1) is 16.8. The van der Waals surface area contributed by atoms with E-state index in [1.54, 1.807) is 28.9 Å². The highest BCUT2D eigenvalue weighted by Gasteiger charge is 2.33. The number of aromatic hydroxyl groups is 2. The van der Waals surface area contributed by atoms with Crippen molar-refractivity contribution in [2.45, 2.75) is 19.4 Å². The molecule has 0 unspecified atom stereocenters. The zero-order valence-corrected chi connectivity index (χ0v) is 19.0. The fourth-order valence-electron chi connectivity index (χ4n) is 4.50. The highest BCUT2D eigenvalue weighted by molar-refractivity contribution is 5.90.